The van der Waals surface area contributed by atoms with Crippen LogP contribution >= 0.6 is 31.9 Å². The molecule has 1 saturated carbocycles. The van der Waals surface area contributed by atoms with E-state index >= 15 is 0 Å². The molecule has 7 nitrogen and oxygen atoms in total. The Morgan fingerprint density at radius 1 is 0.976 bits per heavy atom. The molecule has 1 aliphatic carbocycles. The van der Waals surface area contributed by atoms with Crippen LogP contribution in [-0.4, -0.2) is 42.8 Å². The maximum Gasteiger partial charge on any atom is 0.303 e. The Balaban J connectivity index is 1.47. The smallest absolute Gasteiger partial charge is 0.303 e. The van der Waals surface area contributed by atoms with Crippen LogP contribution in [0.4, 0.5) is 0 Å². The number of aliphatic hydroxyl groups excluding tert-OH is 1. The fourth-order valence-electron chi connectivity index (χ4n) is 4.99. The van der Waals surface area contributed by atoms with Crippen molar-refractivity contribution in [2.45, 2.75) is 61.9 Å². The fourth-order valence-corrected chi connectivity index (χ4v) is 7.12. The number of carbonyl (C=O) groups is 1. The molecule has 1 aliphatic rings. The van der Waals surface area contributed by atoms with Crippen LogP contribution in [0.3, 0.4) is 0 Å². The number of hydrogen-bond acceptors (Lipinski definition) is 5. The number of carboxylic acid groups (broad SMARTS) is 1. The zero-order valence-corrected chi connectivity index (χ0v) is 26.3. The summed E-state index contributed by atoms with van der Waals surface area (Å²) in [6.07, 6.45) is 4.49. The van der Waals surface area contributed by atoms with Gasteiger partial charge >= 0.3 is 5.97 Å². The highest BCUT2D eigenvalue weighted by Crippen LogP contribution is 2.35. The number of sulfonamides is 1. The lowest BCUT2D eigenvalue weighted by molar-refractivity contribution is -0.137. The largest absolute Gasteiger partial charge is 0.481 e. The van der Waals surface area contributed by atoms with Crippen LogP contribution in [0.2, 0.25) is 0 Å². The van der Waals surface area contributed by atoms with E-state index in [1.54, 1.807) is 6.07 Å². The second kappa shape index (κ2) is 14.7. The van der Waals surface area contributed by atoms with Gasteiger partial charge in [0.15, 0.2) is 0 Å². The van der Waals surface area contributed by atoms with Crippen molar-refractivity contribution in [1.82, 2.24) is 4.72 Å². The number of halogens is 2. The molecule has 3 aromatic carbocycles. The van der Waals surface area contributed by atoms with Crippen molar-refractivity contribution < 1.29 is 28.2 Å². The molecule has 0 aliphatic heterocycles. The maximum absolute atomic E-state index is 13.3. The van der Waals surface area contributed by atoms with Gasteiger partial charge in [-0.2, -0.15) is 0 Å². The zero-order chi connectivity index (χ0) is 29.4. The van der Waals surface area contributed by atoms with Gasteiger partial charge in [0.1, 0.15) is 0 Å². The lowest BCUT2D eigenvalue weighted by Crippen LogP contribution is -2.44. The highest BCUT2D eigenvalue weighted by molar-refractivity contribution is 9.13. The molecule has 218 valence electrons. The fraction of sp³-hybridized carbons (Fsp3) is 0.323. The van der Waals surface area contributed by atoms with Gasteiger partial charge in [0, 0.05) is 27.7 Å². The van der Waals surface area contributed by atoms with E-state index in [1.807, 2.05) is 54.6 Å². The third kappa shape index (κ3) is 8.83. The van der Waals surface area contributed by atoms with E-state index in [2.05, 4.69) is 48.7 Å². The molecule has 10 heteroatoms. The van der Waals surface area contributed by atoms with Gasteiger partial charge in [0.2, 0.25) is 10.0 Å². The minimum atomic E-state index is -3.92. The summed E-state index contributed by atoms with van der Waals surface area (Å²) in [5.41, 5.74) is 3.21. The van der Waals surface area contributed by atoms with Gasteiger partial charge in [0.25, 0.3) is 0 Å². The predicted octanol–water partition coefficient (Wildman–Crippen LogP) is 6.69. The summed E-state index contributed by atoms with van der Waals surface area (Å²) in [6, 6.07) is 22.1. The van der Waals surface area contributed by atoms with Crippen molar-refractivity contribution in [1.29, 1.82) is 0 Å². The molecule has 41 heavy (non-hydrogen) atoms. The Morgan fingerprint density at radius 2 is 1.68 bits per heavy atom. The number of unbranched alkanes of at least 4 members (excludes halogenated alkanes) is 1. The van der Waals surface area contributed by atoms with E-state index in [0.717, 1.165) is 21.2 Å². The summed E-state index contributed by atoms with van der Waals surface area (Å²) < 4.78 is 36.9. The highest BCUT2D eigenvalue weighted by atomic mass is 79.9. The van der Waals surface area contributed by atoms with Crippen LogP contribution in [-0.2, 0) is 26.2 Å². The van der Waals surface area contributed by atoms with Crippen LogP contribution in [0, 0.1) is 5.92 Å². The Hall–Kier alpha value is -2.34. The molecule has 0 bridgehead atoms. The SMILES string of the molecule is O=C(O)CCC/C=C\C[C@@H]1[C@@H](NS(=O)(=O)c2ccc(Br)c(Br)c2)[C@H](O)C[C@@H]1OCc1ccc(-c2ccccc2)cc1. The summed E-state index contributed by atoms with van der Waals surface area (Å²) in [6.45, 7) is 0.324. The summed E-state index contributed by atoms with van der Waals surface area (Å²) >= 11 is 6.71. The molecule has 4 rings (SSSR count). The number of aliphatic carboxylic acids is 1. The molecular formula is C31H33Br2NO6S. The van der Waals surface area contributed by atoms with Crippen molar-refractivity contribution >= 4 is 47.9 Å². The molecule has 3 aromatic rings. The van der Waals surface area contributed by atoms with Gasteiger partial charge < -0.3 is 14.9 Å². The molecule has 0 saturated heterocycles. The summed E-state index contributed by atoms with van der Waals surface area (Å²) in [7, 11) is -3.92. The van der Waals surface area contributed by atoms with E-state index in [4.69, 9.17) is 9.84 Å². The predicted molar refractivity (Wildman–Crippen MR) is 166 cm³/mol. The van der Waals surface area contributed by atoms with Gasteiger partial charge in [-0.25, -0.2) is 13.1 Å². The number of carboxylic acids is 1. The van der Waals surface area contributed by atoms with Crippen LogP contribution < -0.4 is 4.72 Å². The molecule has 1 fully saturated rings. The van der Waals surface area contributed by atoms with Crippen LogP contribution in [0.25, 0.3) is 11.1 Å². The molecular weight excluding hydrogens is 674 g/mol. The summed E-state index contributed by atoms with van der Waals surface area (Å²) in [4.78, 5) is 10.9. The first-order valence-corrected chi connectivity index (χ1v) is 16.5. The number of nitrogens with one attached hydrogen (secondary N) is 1. The Kier molecular flexibility index (Phi) is 11.3. The normalized spacial score (nSPS) is 21.0. The van der Waals surface area contributed by atoms with Gasteiger partial charge in [-0.05, 0) is 86.0 Å². The Morgan fingerprint density at radius 3 is 2.37 bits per heavy atom. The van der Waals surface area contributed by atoms with E-state index < -0.39 is 28.1 Å². The summed E-state index contributed by atoms with van der Waals surface area (Å²) in [5.74, 6) is -1.16. The third-order valence-electron chi connectivity index (χ3n) is 7.18. The van der Waals surface area contributed by atoms with Gasteiger partial charge in [-0.3, -0.25) is 4.79 Å². The molecule has 0 unspecified atom stereocenters. The number of benzene rings is 3. The molecule has 0 amide bonds. The maximum atomic E-state index is 13.3. The first-order valence-electron chi connectivity index (χ1n) is 13.4. The van der Waals surface area contributed by atoms with E-state index in [-0.39, 0.29) is 29.8 Å². The number of allylic oxidation sites excluding steroid dienone is 2. The molecule has 0 radical (unpaired) electrons. The molecule has 0 aromatic heterocycles. The van der Waals surface area contributed by atoms with Gasteiger partial charge in [-0.1, -0.05) is 66.7 Å². The molecule has 4 atom stereocenters. The lowest BCUT2D eigenvalue weighted by Gasteiger charge is -2.25. The van der Waals surface area contributed by atoms with E-state index in [1.165, 1.54) is 12.1 Å². The zero-order valence-electron chi connectivity index (χ0n) is 22.3. The number of aliphatic hydroxyl groups is 1. The highest BCUT2D eigenvalue weighted by Gasteiger charge is 2.44. The van der Waals surface area contributed by atoms with Crippen molar-refractivity contribution in [3.8, 4) is 11.1 Å². The monoisotopic (exact) mass is 705 g/mol. The molecule has 0 heterocycles. The van der Waals surface area contributed by atoms with Crippen molar-refractivity contribution in [3.63, 3.8) is 0 Å². The first kappa shape index (κ1) is 31.6. The Labute approximate surface area is 258 Å². The van der Waals surface area contributed by atoms with Gasteiger partial charge in [-0.15, -0.1) is 0 Å². The van der Waals surface area contributed by atoms with E-state index in [0.29, 0.717) is 30.3 Å². The second-order valence-corrected chi connectivity index (χ2v) is 13.5. The van der Waals surface area contributed by atoms with Crippen LogP contribution in [0.15, 0.2) is 98.8 Å². The lowest BCUT2D eigenvalue weighted by atomic mass is 9.97. The minimum Gasteiger partial charge on any atom is -0.481 e. The molecule has 3 N–H and O–H groups in total. The average molecular weight is 707 g/mol. The second-order valence-electron chi connectivity index (χ2n) is 10.1. The van der Waals surface area contributed by atoms with Crippen LogP contribution in [0.1, 0.15) is 37.7 Å². The van der Waals surface area contributed by atoms with Crippen molar-refractivity contribution in [2.75, 3.05) is 0 Å². The van der Waals surface area contributed by atoms with Crippen molar-refractivity contribution in [2.24, 2.45) is 5.92 Å². The van der Waals surface area contributed by atoms with Gasteiger partial charge in [0.05, 0.1) is 29.8 Å². The number of rotatable bonds is 13. The number of hydrogen-bond donors (Lipinski definition) is 3. The third-order valence-corrected chi connectivity index (χ3v) is 10.5. The molecule has 0 spiro atoms. The summed E-state index contributed by atoms with van der Waals surface area (Å²) in [5, 5.41) is 19.8. The first-order chi connectivity index (χ1) is 19.6. The quantitative estimate of drug-likeness (QED) is 0.135. The number of ether oxygens (including phenoxy) is 1. The topological polar surface area (TPSA) is 113 Å². The minimum absolute atomic E-state index is 0.0885. The average Bonchev–Trinajstić information content (AvgIpc) is 3.24. The van der Waals surface area contributed by atoms with Crippen molar-refractivity contribution in [3.05, 3.63) is 99.5 Å². The Bertz CT molecular complexity index is 1450. The van der Waals surface area contributed by atoms with Crippen LogP contribution in [0.5, 0.6) is 0 Å². The van der Waals surface area contributed by atoms with E-state index in [9.17, 15) is 18.3 Å². The standard InChI is InChI=1S/C31H33Br2NO6S/c32-26-17-16-24(18-27(26)33)41(38,39)34-31-25(10-6-1-2-7-11-30(36)37)29(19-28(31)35)40-20-21-12-14-23(15-13-21)22-8-4-3-5-9-22/h1,3-6,8-9,12-18,25,28-29,31,34-35H,2,7,10-11,19-20H2,(H,36,37)/b6-1-/t25-,28+,29-,31+/m0/s1.